The molecule has 1 aliphatic carbocycles. The van der Waals surface area contributed by atoms with Gasteiger partial charge in [-0.3, -0.25) is 9.78 Å². The molecule has 0 radical (unpaired) electrons. The lowest BCUT2D eigenvalue weighted by molar-refractivity contribution is 0.102. The molecule has 2 N–H and O–H groups in total. The summed E-state index contributed by atoms with van der Waals surface area (Å²) in [7, 11) is 3.16. The average Bonchev–Trinajstić information content (AvgIpc) is 3.69. The molecule has 2 aromatic heterocycles. The van der Waals surface area contributed by atoms with E-state index in [4.69, 9.17) is 14.2 Å². The van der Waals surface area contributed by atoms with Crippen LogP contribution in [0.3, 0.4) is 0 Å². The first-order valence-corrected chi connectivity index (χ1v) is 11.2. The van der Waals surface area contributed by atoms with Gasteiger partial charge >= 0.3 is 0 Å². The van der Waals surface area contributed by atoms with Crippen LogP contribution in [0.25, 0.3) is 11.0 Å². The normalized spacial score (nSPS) is 12.8. The number of benzene rings is 2. The lowest BCUT2D eigenvalue weighted by Crippen LogP contribution is -2.14. The number of para-hydroxylation sites is 1. The molecule has 1 amide bonds. The summed E-state index contributed by atoms with van der Waals surface area (Å²) in [4.78, 5) is 21.4. The van der Waals surface area contributed by atoms with Crippen LogP contribution in [0.4, 0.5) is 20.3 Å². The fourth-order valence-corrected chi connectivity index (χ4v) is 3.61. The maximum Gasteiger partial charge on any atom is 0.259 e. The SMILES string of the molecule is CNc1nc2c(Oc3c(F)cc(NC(=O)c4ccccc4OC4CC4)cc3F)ccnc2cc1OC. The lowest BCUT2D eigenvalue weighted by Gasteiger charge is -2.14. The predicted molar refractivity (Wildman–Crippen MR) is 130 cm³/mol. The number of nitrogens with one attached hydrogen (secondary N) is 2. The molecule has 0 unspecified atom stereocenters. The monoisotopic (exact) mass is 492 g/mol. The number of hydrogen-bond donors (Lipinski definition) is 2. The number of fused-ring (bicyclic) bond motifs is 1. The molecular formula is C26H22F2N4O4. The number of methoxy groups -OCH3 is 1. The molecule has 0 aliphatic heterocycles. The topological polar surface area (TPSA) is 94.6 Å². The summed E-state index contributed by atoms with van der Waals surface area (Å²) in [6.45, 7) is 0. The third kappa shape index (κ3) is 4.70. The Morgan fingerprint density at radius 2 is 1.78 bits per heavy atom. The summed E-state index contributed by atoms with van der Waals surface area (Å²) >= 11 is 0. The molecule has 5 rings (SSSR count). The molecule has 0 atom stereocenters. The molecule has 0 bridgehead atoms. The first-order valence-electron chi connectivity index (χ1n) is 11.2. The third-order valence-electron chi connectivity index (χ3n) is 5.51. The minimum absolute atomic E-state index is 0.0662. The van der Waals surface area contributed by atoms with Crippen LogP contribution >= 0.6 is 0 Å². The Balaban J connectivity index is 1.41. The molecule has 1 fully saturated rings. The van der Waals surface area contributed by atoms with Gasteiger partial charge in [0.15, 0.2) is 34.7 Å². The van der Waals surface area contributed by atoms with E-state index in [9.17, 15) is 13.6 Å². The van der Waals surface area contributed by atoms with Crippen LogP contribution in [-0.4, -0.2) is 36.1 Å². The van der Waals surface area contributed by atoms with Gasteiger partial charge in [0.2, 0.25) is 0 Å². The second-order valence-electron chi connectivity index (χ2n) is 8.10. The fourth-order valence-electron chi connectivity index (χ4n) is 3.61. The van der Waals surface area contributed by atoms with Crippen molar-refractivity contribution in [1.29, 1.82) is 0 Å². The fraction of sp³-hybridized carbons (Fsp3) is 0.192. The van der Waals surface area contributed by atoms with Crippen molar-refractivity contribution in [2.75, 3.05) is 24.8 Å². The van der Waals surface area contributed by atoms with E-state index in [0.717, 1.165) is 25.0 Å². The van der Waals surface area contributed by atoms with Crippen molar-refractivity contribution >= 4 is 28.4 Å². The number of amides is 1. The Bertz CT molecular complexity index is 1440. The van der Waals surface area contributed by atoms with Gasteiger partial charge in [0.25, 0.3) is 5.91 Å². The molecule has 1 aliphatic rings. The number of halogens is 2. The van der Waals surface area contributed by atoms with Gasteiger partial charge in [0, 0.05) is 43.2 Å². The number of ether oxygens (including phenoxy) is 3. The first-order chi connectivity index (χ1) is 17.5. The zero-order valence-corrected chi connectivity index (χ0v) is 19.5. The van der Waals surface area contributed by atoms with Gasteiger partial charge in [-0.05, 0) is 25.0 Å². The molecule has 2 heterocycles. The maximum atomic E-state index is 15.0. The van der Waals surface area contributed by atoms with Crippen LogP contribution in [0.15, 0.2) is 54.7 Å². The van der Waals surface area contributed by atoms with E-state index in [0.29, 0.717) is 22.8 Å². The number of carbonyl (C=O) groups excluding carboxylic acids is 1. The van der Waals surface area contributed by atoms with Crippen LogP contribution in [-0.2, 0) is 0 Å². The Morgan fingerprint density at radius 3 is 2.47 bits per heavy atom. The van der Waals surface area contributed by atoms with Gasteiger partial charge in [-0.25, -0.2) is 13.8 Å². The highest BCUT2D eigenvalue weighted by molar-refractivity contribution is 6.06. The first kappa shape index (κ1) is 23.3. The van der Waals surface area contributed by atoms with Crippen molar-refractivity contribution in [1.82, 2.24) is 9.97 Å². The Kier molecular flexibility index (Phi) is 6.24. The van der Waals surface area contributed by atoms with E-state index in [1.165, 1.54) is 19.4 Å². The summed E-state index contributed by atoms with van der Waals surface area (Å²) < 4.78 is 46.6. The van der Waals surface area contributed by atoms with Crippen molar-refractivity contribution in [3.63, 3.8) is 0 Å². The van der Waals surface area contributed by atoms with Crippen LogP contribution in [0.2, 0.25) is 0 Å². The van der Waals surface area contributed by atoms with E-state index >= 15 is 0 Å². The Labute approximate surface area is 205 Å². The molecule has 0 saturated heterocycles. The van der Waals surface area contributed by atoms with E-state index in [1.54, 1.807) is 37.4 Å². The number of nitrogens with zero attached hydrogens (tertiary/aromatic N) is 2. The highest BCUT2D eigenvalue weighted by Gasteiger charge is 2.26. The summed E-state index contributed by atoms with van der Waals surface area (Å²) in [5, 5.41) is 5.42. The van der Waals surface area contributed by atoms with Crippen molar-refractivity contribution in [3.8, 4) is 23.0 Å². The molecular weight excluding hydrogens is 470 g/mol. The molecule has 8 nitrogen and oxygen atoms in total. The Morgan fingerprint density at radius 1 is 1.03 bits per heavy atom. The molecule has 10 heteroatoms. The van der Waals surface area contributed by atoms with E-state index < -0.39 is 23.3 Å². The van der Waals surface area contributed by atoms with Crippen LogP contribution < -0.4 is 24.8 Å². The van der Waals surface area contributed by atoms with Gasteiger partial charge in [-0.1, -0.05) is 12.1 Å². The average molecular weight is 492 g/mol. The van der Waals surface area contributed by atoms with Gasteiger partial charge < -0.3 is 24.8 Å². The molecule has 1 saturated carbocycles. The standard InChI is InChI=1S/C26H22F2N4O4/c1-29-25-22(34-2)13-19-23(32-25)21(9-10-30-19)36-24-17(27)11-14(12-18(24)28)31-26(33)16-5-3-4-6-20(16)35-15-7-8-15/h3-6,9-13,15H,7-8H2,1-2H3,(H,29,32)(H,31,33). The van der Waals surface area contributed by atoms with Gasteiger partial charge in [0.1, 0.15) is 11.3 Å². The molecule has 2 aromatic carbocycles. The van der Waals surface area contributed by atoms with Crippen molar-refractivity contribution in [2.45, 2.75) is 18.9 Å². The quantitative estimate of drug-likeness (QED) is 0.333. The zero-order valence-electron chi connectivity index (χ0n) is 19.5. The minimum Gasteiger partial charge on any atom is -0.493 e. The molecule has 184 valence electrons. The van der Waals surface area contributed by atoms with E-state index in [1.807, 2.05) is 0 Å². The summed E-state index contributed by atoms with van der Waals surface area (Å²) in [5.41, 5.74) is 0.908. The second kappa shape index (κ2) is 9.65. The van der Waals surface area contributed by atoms with Crippen LogP contribution in [0.5, 0.6) is 23.0 Å². The summed E-state index contributed by atoms with van der Waals surface area (Å²) in [6, 6.07) is 11.8. The highest BCUT2D eigenvalue weighted by Crippen LogP contribution is 2.36. The molecule has 36 heavy (non-hydrogen) atoms. The van der Waals surface area contributed by atoms with Crippen molar-refractivity contribution in [2.24, 2.45) is 0 Å². The van der Waals surface area contributed by atoms with Crippen LogP contribution in [0, 0.1) is 11.6 Å². The minimum atomic E-state index is -1.000. The van der Waals surface area contributed by atoms with Crippen LogP contribution in [0.1, 0.15) is 23.2 Å². The number of aromatic nitrogens is 2. The Hall–Kier alpha value is -4.47. The largest absolute Gasteiger partial charge is 0.493 e. The number of anilines is 2. The predicted octanol–water partition coefficient (Wildman–Crippen LogP) is 5.54. The number of hydrogen-bond acceptors (Lipinski definition) is 7. The smallest absolute Gasteiger partial charge is 0.259 e. The number of rotatable bonds is 8. The van der Waals surface area contributed by atoms with Crippen molar-refractivity contribution < 1.29 is 27.8 Å². The number of pyridine rings is 2. The summed E-state index contributed by atoms with van der Waals surface area (Å²) in [5.74, 6) is -1.80. The zero-order chi connectivity index (χ0) is 25.2. The third-order valence-corrected chi connectivity index (χ3v) is 5.51. The van der Waals surface area contributed by atoms with E-state index in [2.05, 4.69) is 20.6 Å². The van der Waals surface area contributed by atoms with E-state index in [-0.39, 0.29) is 28.6 Å². The van der Waals surface area contributed by atoms with Gasteiger partial charge in [-0.2, -0.15) is 0 Å². The van der Waals surface area contributed by atoms with Crippen molar-refractivity contribution in [3.05, 3.63) is 71.9 Å². The maximum absolute atomic E-state index is 15.0. The molecule has 0 spiro atoms. The van der Waals surface area contributed by atoms with Gasteiger partial charge in [-0.15, -0.1) is 0 Å². The lowest BCUT2D eigenvalue weighted by atomic mass is 10.1. The van der Waals surface area contributed by atoms with Gasteiger partial charge in [0.05, 0.1) is 24.3 Å². The highest BCUT2D eigenvalue weighted by atomic mass is 19.1. The second-order valence-corrected chi connectivity index (χ2v) is 8.10. The summed E-state index contributed by atoms with van der Waals surface area (Å²) in [6.07, 6.45) is 3.39. The number of carbonyl (C=O) groups is 1. The molecule has 4 aromatic rings.